The van der Waals surface area contributed by atoms with Crippen LogP contribution in [0.3, 0.4) is 0 Å². The summed E-state index contributed by atoms with van der Waals surface area (Å²) in [6.07, 6.45) is 5.13. The zero-order valence-electron chi connectivity index (χ0n) is 27.9. The van der Waals surface area contributed by atoms with Crippen LogP contribution >= 0.6 is 11.8 Å². The highest BCUT2D eigenvalue weighted by atomic mass is 32.2. The van der Waals surface area contributed by atoms with E-state index in [1.54, 1.807) is 6.92 Å². The van der Waals surface area contributed by atoms with Gasteiger partial charge in [-0.1, -0.05) is 97.1 Å². The van der Waals surface area contributed by atoms with Crippen molar-refractivity contribution in [2.75, 3.05) is 24.7 Å². The van der Waals surface area contributed by atoms with E-state index >= 15 is 0 Å². The fraction of sp³-hybridized carbons (Fsp3) is 0.381. The molecule has 5 nitrogen and oxygen atoms in total. The number of nitrogens with one attached hydrogen (secondary N) is 1. The Kier molecular flexibility index (Phi) is 8.20. The first kappa shape index (κ1) is 31.4. The van der Waals surface area contributed by atoms with E-state index in [0.29, 0.717) is 30.6 Å². The minimum atomic E-state index is -0.465. The van der Waals surface area contributed by atoms with Gasteiger partial charge in [0.05, 0.1) is 10.4 Å². The molecule has 1 spiro atoms. The van der Waals surface area contributed by atoms with Gasteiger partial charge in [0, 0.05) is 41.5 Å². The molecule has 0 unspecified atom stereocenters. The third-order valence-electron chi connectivity index (χ3n) is 11.8. The van der Waals surface area contributed by atoms with Gasteiger partial charge < -0.3 is 19.7 Å². The minimum Gasteiger partial charge on any atom is -0.487 e. The fourth-order valence-corrected chi connectivity index (χ4v) is 11.3. The number of thioether (sulfide) groups is 1. The van der Waals surface area contributed by atoms with E-state index in [9.17, 15) is 9.59 Å². The van der Waals surface area contributed by atoms with Crippen molar-refractivity contribution >= 4 is 29.1 Å². The number of benzene rings is 4. The molecule has 2 bridgehead atoms. The summed E-state index contributed by atoms with van der Waals surface area (Å²) in [5.74, 6) is 2.46. The SMILES string of the molecule is CC(=O)C[C@H]1CC[C@H]2[C@H]3Cc4ccc(NC(=O)CCSC(c5ccccc5)(c5ccccc5)c5ccccc5)c5c4[C@@]2(CCN3C)[C@H]1O5. The van der Waals surface area contributed by atoms with Crippen molar-refractivity contribution in [1.29, 1.82) is 0 Å². The molecule has 4 aromatic carbocycles. The molecule has 0 radical (unpaired) electrons. The summed E-state index contributed by atoms with van der Waals surface area (Å²) in [6, 6.07) is 36.7. The average Bonchev–Trinajstić information content (AvgIpc) is 3.47. The molecule has 48 heavy (non-hydrogen) atoms. The molecule has 1 saturated carbocycles. The molecular weight excluding hydrogens is 613 g/mol. The number of nitrogens with zero attached hydrogens (tertiary/aromatic N) is 1. The van der Waals surface area contributed by atoms with Crippen LogP contribution in [0.2, 0.25) is 0 Å². The normalized spacial score (nSPS) is 25.5. The molecule has 4 aliphatic rings. The molecule has 2 fully saturated rings. The minimum absolute atomic E-state index is 0.00773. The number of hydrogen-bond donors (Lipinski definition) is 1. The van der Waals surface area contributed by atoms with Gasteiger partial charge in [0.1, 0.15) is 17.6 Å². The lowest BCUT2D eigenvalue weighted by molar-refractivity contribution is -0.121. The molecule has 8 rings (SSSR count). The molecular formula is C42H44N2O3S. The van der Waals surface area contributed by atoms with Crippen LogP contribution < -0.4 is 10.1 Å². The lowest BCUT2D eigenvalue weighted by Gasteiger charge is -2.59. The van der Waals surface area contributed by atoms with Crippen LogP contribution in [0.1, 0.15) is 66.8 Å². The third-order valence-corrected chi connectivity index (χ3v) is 13.3. The van der Waals surface area contributed by atoms with Crippen LogP contribution in [-0.4, -0.2) is 48.1 Å². The lowest BCUT2D eigenvalue weighted by atomic mass is 9.50. The number of likely N-dealkylation sites (tertiary alicyclic amines) is 1. The molecule has 2 aliphatic carbocycles. The number of amides is 1. The van der Waals surface area contributed by atoms with Gasteiger partial charge in [0.2, 0.25) is 5.91 Å². The van der Waals surface area contributed by atoms with Crippen molar-refractivity contribution in [2.24, 2.45) is 11.8 Å². The van der Waals surface area contributed by atoms with Gasteiger partial charge in [0.25, 0.3) is 0 Å². The maximum atomic E-state index is 13.8. The van der Waals surface area contributed by atoms with Gasteiger partial charge in [0.15, 0.2) is 0 Å². The Bertz CT molecular complexity index is 1720. The molecule has 4 aromatic rings. The molecule has 2 heterocycles. The van der Waals surface area contributed by atoms with Crippen molar-refractivity contribution in [2.45, 2.75) is 67.8 Å². The topological polar surface area (TPSA) is 58.6 Å². The molecule has 1 N–H and O–H groups in total. The molecule has 246 valence electrons. The fourth-order valence-electron chi connectivity index (χ4n) is 9.82. The predicted octanol–water partition coefficient (Wildman–Crippen LogP) is 8.00. The predicted molar refractivity (Wildman–Crippen MR) is 194 cm³/mol. The standard InChI is InChI=1S/C42H44N2O3S/c1-28(45)26-30-18-20-34-36-27-29-19-21-35(39-38(29)41(34,40(30)47-39)23-24-44(36)2)43-37(46)22-25-48-42(31-12-6-3-7-13-31,32-14-8-4-9-15-32)33-16-10-5-11-17-33/h3-17,19,21,30,34,36,40H,18,20,22-27H2,1-2H3,(H,43,46)/t30-,34+,36-,40+,41+/m1/s1. The monoisotopic (exact) mass is 656 g/mol. The highest BCUT2D eigenvalue weighted by Crippen LogP contribution is 2.65. The second-order valence-electron chi connectivity index (χ2n) is 14.3. The van der Waals surface area contributed by atoms with Crippen LogP contribution in [0.5, 0.6) is 5.75 Å². The van der Waals surface area contributed by atoms with Crippen molar-refractivity contribution in [1.82, 2.24) is 4.90 Å². The number of ether oxygens (including phenoxy) is 1. The molecule has 6 heteroatoms. The number of piperidine rings is 1. The quantitative estimate of drug-likeness (QED) is 0.175. The smallest absolute Gasteiger partial charge is 0.225 e. The summed E-state index contributed by atoms with van der Waals surface area (Å²) in [6.45, 7) is 2.74. The summed E-state index contributed by atoms with van der Waals surface area (Å²) in [5, 5.41) is 3.30. The van der Waals surface area contributed by atoms with Gasteiger partial charge >= 0.3 is 0 Å². The van der Waals surface area contributed by atoms with Crippen LogP contribution in [0.4, 0.5) is 5.69 Å². The van der Waals surface area contributed by atoms with Crippen molar-refractivity contribution in [3.8, 4) is 5.75 Å². The van der Waals surface area contributed by atoms with Gasteiger partial charge in [-0.2, -0.15) is 0 Å². The highest BCUT2D eigenvalue weighted by molar-refractivity contribution is 8.00. The summed E-state index contributed by atoms with van der Waals surface area (Å²) in [5.41, 5.74) is 6.97. The van der Waals surface area contributed by atoms with E-state index in [1.807, 2.05) is 11.8 Å². The molecule has 2 aliphatic heterocycles. The number of Topliss-reactive ketones (excluding diaryl/α,β-unsaturated/α-hetero) is 1. The highest BCUT2D eigenvalue weighted by Gasteiger charge is 2.65. The van der Waals surface area contributed by atoms with Crippen LogP contribution in [0.15, 0.2) is 103 Å². The van der Waals surface area contributed by atoms with E-state index in [-0.39, 0.29) is 29.1 Å². The first-order chi connectivity index (χ1) is 23.4. The Morgan fingerprint density at radius 2 is 1.52 bits per heavy atom. The van der Waals surface area contributed by atoms with Crippen molar-refractivity contribution in [3.63, 3.8) is 0 Å². The first-order valence-electron chi connectivity index (χ1n) is 17.5. The Morgan fingerprint density at radius 3 is 2.12 bits per heavy atom. The number of carbonyl (C=O) groups is 2. The largest absolute Gasteiger partial charge is 0.487 e. The van der Waals surface area contributed by atoms with Gasteiger partial charge in [-0.15, -0.1) is 11.8 Å². The number of anilines is 1. The van der Waals surface area contributed by atoms with Crippen molar-refractivity contribution < 1.29 is 14.3 Å². The molecule has 1 saturated heterocycles. The maximum Gasteiger partial charge on any atom is 0.225 e. The zero-order chi connectivity index (χ0) is 32.9. The van der Waals surface area contributed by atoms with E-state index in [4.69, 9.17) is 4.74 Å². The second kappa shape index (κ2) is 12.5. The Balaban J connectivity index is 1.08. The summed E-state index contributed by atoms with van der Waals surface area (Å²) < 4.78 is 6.54. The van der Waals surface area contributed by atoms with E-state index in [0.717, 1.165) is 43.7 Å². The summed E-state index contributed by atoms with van der Waals surface area (Å²) >= 11 is 1.81. The van der Waals surface area contributed by atoms with Crippen LogP contribution in [-0.2, 0) is 26.2 Å². The molecule has 1 amide bonds. The van der Waals surface area contributed by atoms with E-state index in [2.05, 4.69) is 120 Å². The summed E-state index contributed by atoms with van der Waals surface area (Å²) in [4.78, 5) is 28.8. The van der Waals surface area contributed by atoms with Crippen LogP contribution in [0.25, 0.3) is 0 Å². The maximum absolute atomic E-state index is 13.8. The number of likely N-dealkylation sites (N-methyl/N-ethyl adjacent to an activating group) is 1. The Morgan fingerprint density at radius 1 is 0.896 bits per heavy atom. The molecule has 5 atom stereocenters. The number of rotatable bonds is 10. The Labute approximate surface area is 288 Å². The second-order valence-corrected chi connectivity index (χ2v) is 15.6. The zero-order valence-corrected chi connectivity index (χ0v) is 28.7. The number of carbonyl (C=O) groups excluding carboxylic acids is 2. The average molecular weight is 657 g/mol. The van der Waals surface area contributed by atoms with E-state index in [1.165, 1.54) is 27.8 Å². The first-order valence-corrected chi connectivity index (χ1v) is 18.5. The lowest BCUT2D eigenvalue weighted by Crippen LogP contribution is -2.65. The van der Waals surface area contributed by atoms with Gasteiger partial charge in [-0.25, -0.2) is 0 Å². The number of hydrogen-bond acceptors (Lipinski definition) is 5. The van der Waals surface area contributed by atoms with Crippen LogP contribution in [0, 0.1) is 11.8 Å². The molecule has 0 aromatic heterocycles. The van der Waals surface area contributed by atoms with Gasteiger partial charge in [-0.05, 0) is 80.4 Å². The Hall–Kier alpha value is -3.87. The van der Waals surface area contributed by atoms with Crippen molar-refractivity contribution in [3.05, 3.63) is 131 Å². The van der Waals surface area contributed by atoms with E-state index < -0.39 is 4.75 Å². The third kappa shape index (κ3) is 5.02. The summed E-state index contributed by atoms with van der Waals surface area (Å²) in [7, 11) is 2.27. The van der Waals surface area contributed by atoms with Gasteiger partial charge in [-0.3, -0.25) is 4.79 Å². The number of ketones is 1.